The zero-order valence-electron chi connectivity index (χ0n) is 29.0. The lowest BCUT2D eigenvalue weighted by atomic mass is 10.0. The van der Waals surface area contributed by atoms with Crippen molar-refractivity contribution in [2.75, 3.05) is 46.6 Å². The molecule has 0 fully saturated rings. The summed E-state index contributed by atoms with van der Waals surface area (Å²) in [6.45, 7) is 8.92. The number of ether oxygens (including phenoxy) is 6. The number of esters is 4. The van der Waals surface area contributed by atoms with Crippen LogP contribution < -0.4 is 5.32 Å². The molecule has 0 amide bonds. The van der Waals surface area contributed by atoms with Gasteiger partial charge in [-0.1, -0.05) is 79.1 Å². The summed E-state index contributed by atoms with van der Waals surface area (Å²) in [6, 6.07) is 0. The van der Waals surface area contributed by atoms with Crippen LogP contribution >= 0.6 is 0 Å². The minimum Gasteiger partial charge on any atom is -0.464 e. The van der Waals surface area contributed by atoms with Gasteiger partial charge < -0.3 is 33.7 Å². The lowest BCUT2D eigenvalue weighted by Gasteiger charge is -2.19. The van der Waals surface area contributed by atoms with Gasteiger partial charge in [0.1, 0.15) is 19.8 Å². The van der Waals surface area contributed by atoms with Crippen molar-refractivity contribution in [3.05, 3.63) is 0 Å². The number of methoxy groups -OCH3 is 1. The molecule has 46 heavy (non-hydrogen) atoms. The van der Waals surface area contributed by atoms with Crippen molar-refractivity contribution < 1.29 is 52.4 Å². The summed E-state index contributed by atoms with van der Waals surface area (Å²) >= 11 is 0. The largest absolute Gasteiger partial charge is 0.464 e. The van der Waals surface area contributed by atoms with Crippen molar-refractivity contribution in [1.82, 2.24) is 5.32 Å². The second-order valence-corrected chi connectivity index (χ2v) is 11.8. The molecule has 12 nitrogen and oxygen atoms in total. The van der Waals surface area contributed by atoms with Gasteiger partial charge in [-0.05, 0) is 38.8 Å². The zero-order valence-corrected chi connectivity index (χ0v) is 29.0. The minimum atomic E-state index is -0.877. The van der Waals surface area contributed by atoms with Crippen molar-refractivity contribution in [3.8, 4) is 0 Å². The Hall–Kier alpha value is -2.73. The SMILES string of the molecule is CCCCCCC(C)C(=O)OCC(COC)OC(=O)CCCNCCCC(=O)OC(COC=O)COC(=O)C(C)CCCCCC. The number of hydrogen-bond acceptors (Lipinski definition) is 12. The smallest absolute Gasteiger partial charge is 0.308 e. The molecule has 0 aliphatic carbocycles. The highest BCUT2D eigenvalue weighted by Gasteiger charge is 2.22. The molecule has 0 saturated carbocycles. The Morgan fingerprint density at radius 1 is 0.630 bits per heavy atom. The van der Waals surface area contributed by atoms with Gasteiger partial charge >= 0.3 is 23.9 Å². The molecule has 0 radical (unpaired) electrons. The first-order chi connectivity index (χ1) is 22.2. The van der Waals surface area contributed by atoms with Crippen LogP contribution in [0, 0.1) is 11.8 Å². The fraction of sp³-hybridized carbons (Fsp3) is 0.853. The van der Waals surface area contributed by atoms with E-state index in [1.54, 1.807) is 0 Å². The average molecular weight is 660 g/mol. The number of hydrogen-bond donors (Lipinski definition) is 1. The van der Waals surface area contributed by atoms with Crippen LogP contribution in [0.3, 0.4) is 0 Å². The molecular weight excluding hydrogens is 598 g/mol. The summed E-state index contributed by atoms with van der Waals surface area (Å²) in [5, 5.41) is 3.17. The molecule has 0 aliphatic rings. The maximum Gasteiger partial charge on any atom is 0.308 e. The van der Waals surface area contributed by atoms with E-state index in [1.165, 1.54) is 7.11 Å². The summed E-state index contributed by atoms with van der Waals surface area (Å²) in [5.74, 6) is -2.04. The van der Waals surface area contributed by atoms with Crippen LogP contribution in [0.5, 0.6) is 0 Å². The number of carbonyl (C=O) groups is 5. The third-order valence-corrected chi connectivity index (χ3v) is 7.38. The quantitative estimate of drug-likeness (QED) is 0.0457. The molecule has 4 atom stereocenters. The van der Waals surface area contributed by atoms with E-state index in [4.69, 9.17) is 28.4 Å². The monoisotopic (exact) mass is 659 g/mol. The molecule has 268 valence electrons. The molecule has 12 heteroatoms. The fourth-order valence-corrected chi connectivity index (χ4v) is 4.52. The Morgan fingerprint density at radius 2 is 1.09 bits per heavy atom. The van der Waals surface area contributed by atoms with Crippen LogP contribution in [0.2, 0.25) is 0 Å². The molecular formula is C34H61NO11. The topological polar surface area (TPSA) is 153 Å². The minimum absolute atomic E-state index is 0.0468. The zero-order chi connectivity index (χ0) is 34.4. The van der Waals surface area contributed by atoms with Gasteiger partial charge in [-0.25, -0.2) is 0 Å². The van der Waals surface area contributed by atoms with E-state index in [0.717, 1.165) is 64.2 Å². The summed E-state index contributed by atoms with van der Waals surface area (Å²) in [4.78, 5) is 59.8. The van der Waals surface area contributed by atoms with Crippen LogP contribution in [0.4, 0.5) is 0 Å². The standard InChI is InChI=1S/C34H61NO11/c1-6-8-10-12-16-27(3)33(39)43-24-29(22-41-5)45-31(37)18-14-20-35-21-15-19-32(38)46-30(23-42-26-36)25-44-34(40)28(4)17-13-11-9-7-2/h26-30,35H,6-25H2,1-5H3. The van der Waals surface area contributed by atoms with Gasteiger partial charge in [0.05, 0.1) is 18.4 Å². The van der Waals surface area contributed by atoms with Crippen molar-refractivity contribution in [1.29, 1.82) is 0 Å². The molecule has 0 saturated heterocycles. The maximum atomic E-state index is 12.3. The Bertz CT molecular complexity index is 823. The van der Waals surface area contributed by atoms with Gasteiger partial charge in [0.2, 0.25) is 0 Å². The van der Waals surface area contributed by atoms with Crippen molar-refractivity contribution >= 4 is 30.3 Å². The second-order valence-electron chi connectivity index (χ2n) is 11.8. The molecule has 0 aliphatic heterocycles. The van der Waals surface area contributed by atoms with E-state index in [0.29, 0.717) is 25.9 Å². The fourth-order valence-electron chi connectivity index (χ4n) is 4.52. The van der Waals surface area contributed by atoms with Gasteiger partial charge in [-0.15, -0.1) is 0 Å². The van der Waals surface area contributed by atoms with Gasteiger partial charge in [0.15, 0.2) is 12.2 Å². The molecule has 0 bridgehead atoms. The van der Waals surface area contributed by atoms with Crippen LogP contribution in [0.25, 0.3) is 0 Å². The summed E-state index contributed by atoms with van der Waals surface area (Å²) in [7, 11) is 1.49. The number of carbonyl (C=O) groups excluding carboxylic acids is 5. The predicted octanol–water partition coefficient (Wildman–Crippen LogP) is 5.08. The lowest BCUT2D eigenvalue weighted by molar-refractivity contribution is -0.165. The van der Waals surface area contributed by atoms with Gasteiger partial charge in [0, 0.05) is 20.0 Å². The van der Waals surface area contributed by atoms with E-state index in [9.17, 15) is 24.0 Å². The first-order valence-electron chi connectivity index (χ1n) is 17.1. The van der Waals surface area contributed by atoms with Crippen molar-refractivity contribution in [2.45, 2.75) is 130 Å². The second kappa shape index (κ2) is 29.7. The first kappa shape index (κ1) is 43.3. The number of rotatable bonds is 31. The molecule has 0 heterocycles. The maximum absolute atomic E-state index is 12.3. The van der Waals surface area contributed by atoms with Crippen LogP contribution in [-0.4, -0.2) is 89.2 Å². The number of nitrogens with one attached hydrogen (secondary N) is 1. The molecule has 4 unspecified atom stereocenters. The highest BCUT2D eigenvalue weighted by atomic mass is 16.6. The predicted molar refractivity (Wildman–Crippen MR) is 173 cm³/mol. The highest BCUT2D eigenvalue weighted by Crippen LogP contribution is 2.14. The first-order valence-corrected chi connectivity index (χ1v) is 17.1. The van der Waals surface area contributed by atoms with Gasteiger partial charge in [0.25, 0.3) is 6.47 Å². The summed E-state index contributed by atoms with van der Waals surface area (Å²) in [5.41, 5.74) is 0. The van der Waals surface area contributed by atoms with E-state index in [1.807, 2.05) is 13.8 Å². The Balaban J connectivity index is 4.23. The Labute approximate surface area is 276 Å². The van der Waals surface area contributed by atoms with Crippen LogP contribution in [0.15, 0.2) is 0 Å². The van der Waals surface area contributed by atoms with Gasteiger partial charge in [-0.2, -0.15) is 0 Å². The van der Waals surface area contributed by atoms with Crippen molar-refractivity contribution in [3.63, 3.8) is 0 Å². The van der Waals surface area contributed by atoms with Gasteiger partial charge in [-0.3, -0.25) is 24.0 Å². The molecule has 0 aromatic rings. The Morgan fingerprint density at radius 3 is 1.50 bits per heavy atom. The third-order valence-electron chi connectivity index (χ3n) is 7.38. The molecule has 0 aromatic heterocycles. The molecule has 0 rings (SSSR count). The van der Waals surface area contributed by atoms with Crippen molar-refractivity contribution in [2.24, 2.45) is 11.8 Å². The summed E-state index contributed by atoms with van der Waals surface area (Å²) in [6.07, 6.45) is 9.86. The van der Waals surface area contributed by atoms with E-state index < -0.39 is 24.1 Å². The normalized spacial score (nSPS) is 13.6. The molecule has 0 spiro atoms. The molecule has 1 N–H and O–H groups in total. The third kappa shape index (κ3) is 24.5. The molecule has 0 aromatic carbocycles. The Kier molecular flexibility index (Phi) is 27.9. The average Bonchev–Trinajstić information content (AvgIpc) is 3.04. The summed E-state index contributed by atoms with van der Waals surface area (Å²) < 4.78 is 31.3. The van der Waals surface area contributed by atoms with E-state index >= 15 is 0 Å². The van der Waals surface area contributed by atoms with E-state index in [-0.39, 0.29) is 69.5 Å². The van der Waals surface area contributed by atoms with E-state index in [2.05, 4.69) is 19.2 Å². The highest BCUT2D eigenvalue weighted by molar-refractivity contribution is 5.73. The van der Waals surface area contributed by atoms with Crippen LogP contribution in [-0.2, 0) is 52.4 Å². The lowest BCUT2D eigenvalue weighted by Crippen LogP contribution is -2.31. The number of unbranched alkanes of at least 4 members (excludes halogenated alkanes) is 6. The van der Waals surface area contributed by atoms with Crippen LogP contribution in [0.1, 0.15) is 118 Å².